The van der Waals surface area contributed by atoms with E-state index < -0.39 is 11.9 Å². The van der Waals surface area contributed by atoms with Crippen molar-refractivity contribution in [2.24, 2.45) is 0 Å². The first-order chi connectivity index (χ1) is 10.4. The number of carboxylic acids is 2. The maximum atomic E-state index is 9.51. The summed E-state index contributed by atoms with van der Waals surface area (Å²) >= 11 is 0. The van der Waals surface area contributed by atoms with Gasteiger partial charge in [0.1, 0.15) is 0 Å². The lowest BCUT2D eigenvalue weighted by molar-refractivity contribution is -0.159. The van der Waals surface area contributed by atoms with Crippen LogP contribution in [0.2, 0.25) is 0 Å². The van der Waals surface area contributed by atoms with Crippen molar-refractivity contribution >= 4 is 11.9 Å². The standard InChI is InChI=1S/C12H19NO3.C2H2O4/c1-3-16-12-8-10(4-5-11(12)14)9-13-6-7-15-2;3-1(4)2(5)6/h4-5,8,13-14H,3,6-7,9H2,1-2H3;(H,3,4)(H,5,6). The van der Waals surface area contributed by atoms with Crippen molar-refractivity contribution in [1.82, 2.24) is 5.32 Å². The van der Waals surface area contributed by atoms with E-state index >= 15 is 0 Å². The lowest BCUT2D eigenvalue weighted by Crippen LogP contribution is -2.18. The van der Waals surface area contributed by atoms with Crippen LogP contribution in [-0.2, 0) is 20.9 Å². The molecule has 4 N–H and O–H groups in total. The summed E-state index contributed by atoms with van der Waals surface area (Å²) < 4.78 is 10.2. The monoisotopic (exact) mass is 315 g/mol. The van der Waals surface area contributed by atoms with Gasteiger partial charge in [-0.1, -0.05) is 6.07 Å². The number of methoxy groups -OCH3 is 1. The van der Waals surface area contributed by atoms with Crippen LogP contribution >= 0.6 is 0 Å². The van der Waals surface area contributed by atoms with Crippen molar-refractivity contribution < 1.29 is 34.4 Å². The van der Waals surface area contributed by atoms with Crippen LogP contribution in [0.1, 0.15) is 12.5 Å². The van der Waals surface area contributed by atoms with Crippen LogP contribution in [-0.4, -0.2) is 54.1 Å². The van der Waals surface area contributed by atoms with E-state index in [2.05, 4.69) is 5.32 Å². The van der Waals surface area contributed by atoms with Crippen molar-refractivity contribution in [2.45, 2.75) is 13.5 Å². The molecule has 124 valence electrons. The molecule has 0 spiro atoms. The molecular formula is C14H21NO7. The number of carboxylic acid groups (broad SMARTS) is 2. The Morgan fingerprint density at radius 3 is 2.36 bits per heavy atom. The Balaban J connectivity index is 0.000000626. The fourth-order valence-corrected chi connectivity index (χ4v) is 1.35. The molecule has 0 aliphatic heterocycles. The minimum atomic E-state index is -1.82. The second kappa shape index (κ2) is 11.4. The lowest BCUT2D eigenvalue weighted by atomic mass is 10.2. The van der Waals surface area contributed by atoms with Crippen LogP contribution in [0.25, 0.3) is 0 Å². The van der Waals surface area contributed by atoms with Gasteiger partial charge in [-0.3, -0.25) is 0 Å². The van der Waals surface area contributed by atoms with Crippen LogP contribution in [0.15, 0.2) is 18.2 Å². The molecular weight excluding hydrogens is 294 g/mol. The van der Waals surface area contributed by atoms with Crippen molar-refractivity contribution in [3.8, 4) is 11.5 Å². The highest BCUT2D eigenvalue weighted by Crippen LogP contribution is 2.26. The van der Waals surface area contributed by atoms with E-state index in [0.717, 1.165) is 18.7 Å². The summed E-state index contributed by atoms with van der Waals surface area (Å²) in [5.41, 5.74) is 1.08. The third-order valence-corrected chi connectivity index (χ3v) is 2.32. The molecule has 1 aromatic carbocycles. The van der Waals surface area contributed by atoms with Crippen molar-refractivity contribution in [1.29, 1.82) is 0 Å². The molecule has 0 aliphatic rings. The zero-order chi connectivity index (χ0) is 17.0. The van der Waals surface area contributed by atoms with Crippen molar-refractivity contribution in [2.75, 3.05) is 26.9 Å². The molecule has 22 heavy (non-hydrogen) atoms. The van der Waals surface area contributed by atoms with Gasteiger partial charge in [0.2, 0.25) is 0 Å². The van der Waals surface area contributed by atoms with E-state index in [0.29, 0.717) is 19.0 Å². The molecule has 8 heteroatoms. The molecule has 0 saturated heterocycles. The van der Waals surface area contributed by atoms with Gasteiger partial charge in [-0.15, -0.1) is 0 Å². The minimum absolute atomic E-state index is 0.183. The van der Waals surface area contributed by atoms with Crippen LogP contribution < -0.4 is 10.1 Å². The Hall–Kier alpha value is -2.32. The van der Waals surface area contributed by atoms with E-state index in [4.69, 9.17) is 29.3 Å². The van der Waals surface area contributed by atoms with E-state index in [1.165, 1.54) is 0 Å². The van der Waals surface area contributed by atoms with E-state index in [9.17, 15) is 5.11 Å². The molecule has 0 unspecified atom stereocenters. The zero-order valence-electron chi connectivity index (χ0n) is 12.5. The number of hydrogen-bond acceptors (Lipinski definition) is 6. The summed E-state index contributed by atoms with van der Waals surface area (Å²) in [5, 5.41) is 27.5. The number of aromatic hydroxyl groups is 1. The van der Waals surface area contributed by atoms with Gasteiger partial charge in [-0.05, 0) is 24.6 Å². The molecule has 0 fully saturated rings. The second-order valence-corrected chi connectivity index (χ2v) is 4.01. The molecule has 0 radical (unpaired) electrons. The van der Waals surface area contributed by atoms with E-state index in [-0.39, 0.29) is 5.75 Å². The average molecular weight is 315 g/mol. The quantitative estimate of drug-likeness (QED) is 0.427. The van der Waals surface area contributed by atoms with Gasteiger partial charge < -0.3 is 30.1 Å². The van der Waals surface area contributed by atoms with Crippen LogP contribution in [0.5, 0.6) is 11.5 Å². The van der Waals surface area contributed by atoms with Crippen LogP contribution in [0.3, 0.4) is 0 Å². The van der Waals surface area contributed by atoms with Crippen LogP contribution in [0.4, 0.5) is 0 Å². The summed E-state index contributed by atoms with van der Waals surface area (Å²) in [5.74, 6) is -2.93. The number of benzene rings is 1. The normalized spacial score (nSPS) is 9.55. The molecule has 0 amide bonds. The molecule has 0 aliphatic carbocycles. The molecule has 8 nitrogen and oxygen atoms in total. The summed E-state index contributed by atoms with van der Waals surface area (Å²) in [7, 11) is 1.68. The van der Waals surface area contributed by atoms with Gasteiger partial charge in [-0.2, -0.15) is 0 Å². The highest BCUT2D eigenvalue weighted by atomic mass is 16.5. The first kappa shape index (κ1) is 19.7. The van der Waals surface area contributed by atoms with Gasteiger partial charge in [0, 0.05) is 20.2 Å². The second-order valence-electron chi connectivity index (χ2n) is 4.01. The minimum Gasteiger partial charge on any atom is -0.504 e. The third-order valence-electron chi connectivity index (χ3n) is 2.32. The predicted octanol–water partition coefficient (Wildman–Crippen LogP) is 0.682. The summed E-state index contributed by atoms with van der Waals surface area (Å²) in [6, 6.07) is 5.37. The fourth-order valence-electron chi connectivity index (χ4n) is 1.35. The summed E-state index contributed by atoms with van der Waals surface area (Å²) in [6.45, 7) is 4.68. The fraction of sp³-hybridized carbons (Fsp3) is 0.429. The first-order valence-electron chi connectivity index (χ1n) is 6.52. The van der Waals surface area contributed by atoms with E-state index in [1.54, 1.807) is 13.2 Å². The van der Waals surface area contributed by atoms with E-state index in [1.807, 2.05) is 19.1 Å². The highest BCUT2D eigenvalue weighted by molar-refractivity contribution is 6.27. The number of rotatable bonds is 7. The Kier molecular flexibility index (Phi) is 10.2. The number of nitrogens with one attached hydrogen (secondary N) is 1. The Bertz CT molecular complexity index is 464. The smallest absolute Gasteiger partial charge is 0.414 e. The summed E-state index contributed by atoms with van der Waals surface area (Å²) in [6.07, 6.45) is 0. The molecule has 1 aromatic rings. The Morgan fingerprint density at radius 1 is 1.23 bits per heavy atom. The van der Waals surface area contributed by atoms with Gasteiger partial charge in [0.15, 0.2) is 11.5 Å². The molecule has 0 aromatic heterocycles. The maximum Gasteiger partial charge on any atom is 0.414 e. The van der Waals surface area contributed by atoms with Crippen molar-refractivity contribution in [3.05, 3.63) is 23.8 Å². The van der Waals surface area contributed by atoms with Gasteiger partial charge in [0.05, 0.1) is 13.2 Å². The van der Waals surface area contributed by atoms with Crippen LogP contribution in [0, 0.1) is 0 Å². The number of phenols is 1. The van der Waals surface area contributed by atoms with Crippen molar-refractivity contribution in [3.63, 3.8) is 0 Å². The molecule has 0 saturated carbocycles. The Morgan fingerprint density at radius 2 is 1.86 bits per heavy atom. The molecule has 0 bridgehead atoms. The number of ether oxygens (including phenoxy) is 2. The van der Waals surface area contributed by atoms with Gasteiger partial charge >= 0.3 is 11.9 Å². The molecule has 0 atom stereocenters. The summed E-state index contributed by atoms with van der Waals surface area (Å²) in [4.78, 5) is 18.2. The SMILES string of the molecule is CCOc1cc(CNCCOC)ccc1O.O=C(O)C(=O)O. The Labute approximate surface area is 128 Å². The number of hydrogen-bond donors (Lipinski definition) is 4. The molecule has 0 heterocycles. The highest BCUT2D eigenvalue weighted by Gasteiger charge is 2.04. The number of phenolic OH excluding ortho intramolecular Hbond substituents is 1. The van der Waals surface area contributed by atoms with Gasteiger partial charge in [0.25, 0.3) is 0 Å². The third kappa shape index (κ3) is 8.77. The molecule has 1 rings (SSSR count). The van der Waals surface area contributed by atoms with Gasteiger partial charge in [-0.25, -0.2) is 9.59 Å². The largest absolute Gasteiger partial charge is 0.504 e. The topological polar surface area (TPSA) is 125 Å². The average Bonchev–Trinajstić information content (AvgIpc) is 2.47. The predicted molar refractivity (Wildman–Crippen MR) is 78.1 cm³/mol. The maximum absolute atomic E-state index is 9.51. The first-order valence-corrected chi connectivity index (χ1v) is 6.52. The zero-order valence-corrected chi connectivity index (χ0v) is 12.5. The number of aliphatic carboxylic acids is 2. The number of carbonyl (C=O) groups is 2. The lowest BCUT2D eigenvalue weighted by Gasteiger charge is -2.09.